The first kappa shape index (κ1) is 16.4. The Balaban J connectivity index is 2.75. The largest absolute Gasteiger partial charge is 0.398 e. The van der Waals surface area contributed by atoms with Gasteiger partial charge in [0, 0.05) is 21.5 Å². The second kappa shape index (κ2) is 7.20. The first-order valence-electron chi connectivity index (χ1n) is 6.36. The molecule has 1 aromatic rings. The summed E-state index contributed by atoms with van der Waals surface area (Å²) in [6.45, 7) is 4.97. The van der Waals surface area contributed by atoms with Crippen LogP contribution in [0.4, 0.5) is 5.69 Å². The summed E-state index contributed by atoms with van der Waals surface area (Å²) in [7, 11) is 0. The Bertz CT molecular complexity index is 439. The Hall–Kier alpha value is -0.680. The number of thioether (sulfide) groups is 1. The zero-order chi connectivity index (χ0) is 14.5. The SMILES string of the molecule is CCC(CC)(CNC(=O)c1ccc(Br)cc1N)SC. The summed E-state index contributed by atoms with van der Waals surface area (Å²) in [5.41, 5.74) is 6.89. The summed E-state index contributed by atoms with van der Waals surface area (Å²) in [5, 5.41) is 3.00. The molecule has 0 spiro atoms. The Kier molecular flexibility index (Phi) is 6.20. The molecule has 0 aliphatic heterocycles. The fourth-order valence-electron chi connectivity index (χ4n) is 1.94. The minimum Gasteiger partial charge on any atom is -0.398 e. The Morgan fingerprint density at radius 2 is 2.05 bits per heavy atom. The number of anilines is 1. The van der Waals surface area contributed by atoms with E-state index in [-0.39, 0.29) is 10.7 Å². The summed E-state index contributed by atoms with van der Waals surface area (Å²) in [6, 6.07) is 5.32. The smallest absolute Gasteiger partial charge is 0.253 e. The molecule has 3 nitrogen and oxygen atoms in total. The van der Waals surface area contributed by atoms with Crippen molar-refractivity contribution >= 4 is 39.3 Å². The molecule has 0 saturated carbocycles. The van der Waals surface area contributed by atoms with Crippen molar-refractivity contribution in [2.75, 3.05) is 18.5 Å². The van der Waals surface area contributed by atoms with Gasteiger partial charge in [-0.05, 0) is 37.3 Å². The molecule has 0 heterocycles. The van der Waals surface area contributed by atoms with Crippen LogP contribution in [-0.4, -0.2) is 23.5 Å². The molecule has 106 valence electrons. The third kappa shape index (κ3) is 4.14. The van der Waals surface area contributed by atoms with E-state index in [2.05, 4.69) is 41.3 Å². The summed E-state index contributed by atoms with van der Waals surface area (Å²) >= 11 is 5.14. The number of amides is 1. The van der Waals surface area contributed by atoms with E-state index in [1.807, 2.05) is 17.8 Å². The summed E-state index contributed by atoms with van der Waals surface area (Å²) in [6.07, 6.45) is 4.15. The van der Waals surface area contributed by atoms with Gasteiger partial charge in [-0.3, -0.25) is 4.79 Å². The van der Waals surface area contributed by atoms with Gasteiger partial charge in [-0.15, -0.1) is 0 Å². The van der Waals surface area contributed by atoms with E-state index in [4.69, 9.17) is 5.73 Å². The van der Waals surface area contributed by atoms with Crippen LogP contribution in [0.5, 0.6) is 0 Å². The first-order valence-corrected chi connectivity index (χ1v) is 8.38. The van der Waals surface area contributed by atoms with Crippen molar-refractivity contribution in [3.63, 3.8) is 0 Å². The second-order valence-electron chi connectivity index (χ2n) is 4.51. The number of hydrogen-bond donors (Lipinski definition) is 2. The van der Waals surface area contributed by atoms with Crippen molar-refractivity contribution in [1.29, 1.82) is 0 Å². The van der Waals surface area contributed by atoms with E-state index >= 15 is 0 Å². The van der Waals surface area contributed by atoms with Crippen LogP contribution in [0, 0.1) is 0 Å². The van der Waals surface area contributed by atoms with Crippen LogP contribution >= 0.6 is 27.7 Å². The number of carbonyl (C=O) groups is 1. The number of halogens is 1. The van der Waals surface area contributed by atoms with Crippen molar-refractivity contribution < 1.29 is 4.79 Å². The molecule has 0 saturated heterocycles. The molecule has 0 radical (unpaired) electrons. The average Bonchev–Trinajstić information content (AvgIpc) is 2.40. The molecule has 0 aliphatic rings. The molecular weight excluding hydrogens is 324 g/mol. The number of nitrogens with one attached hydrogen (secondary N) is 1. The number of benzene rings is 1. The summed E-state index contributed by atoms with van der Waals surface area (Å²) < 4.78 is 0.988. The lowest BCUT2D eigenvalue weighted by atomic mass is 10.0. The Morgan fingerprint density at radius 3 is 2.53 bits per heavy atom. The van der Waals surface area contributed by atoms with Crippen LogP contribution in [0.2, 0.25) is 0 Å². The molecule has 0 aliphatic carbocycles. The number of rotatable bonds is 6. The maximum Gasteiger partial charge on any atom is 0.253 e. The average molecular weight is 345 g/mol. The third-order valence-electron chi connectivity index (χ3n) is 3.55. The fourth-order valence-corrected chi connectivity index (χ4v) is 3.11. The van der Waals surface area contributed by atoms with Crippen LogP contribution in [0.25, 0.3) is 0 Å². The quantitative estimate of drug-likeness (QED) is 0.774. The predicted molar refractivity (Wildman–Crippen MR) is 87.7 cm³/mol. The molecule has 1 aromatic carbocycles. The van der Waals surface area contributed by atoms with Crippen molar-refractivity contribution in [3.05, 3.63) is 28.2 Å². The van der Waals surface area contributed by atoms with Crippen LogP contribution in [0.15, 0.2) is 22.7 Å². The molecule has 19 heavy (non-hydrogen) atoms. The summed E-state index contributed by atoms with van der Waals surface area (Å²) in [5.74, 6) is -0.106. The number of nitrogen functional groups attached to an aromatic ring is 1. The molecular formula is C14H21BrN2OS. The summed E-state index contributed by atoms with van der Waals surface area (Å²) in [4.78, 5) is 12.2. The number of hydrogen-bond acceptors (Lipinski definition) is 3. The maximum atomic E-state index is 12.2. The molecule has 0 bridgehead atoms. The Morgan fingerprint density at radius 1 is 1.42 bits per heavy atom. The lowest BCUT2D eigenvalue weighted by Gasteiger charge is -2.29. The standard InChI is InChI=1S/C14H21BrN2OS/c1-4-14(5-2,19-3)9-17-13(18)11-7-6-10(15)8-12(11)16/h6-8H,4-5,9,16H2,1-3H3,(H,17,18). The van der Waals surface area contributed by atoms with E-state index in [0.29, 0.717) is 17.8 Å². The van der Waals surface area contributed by atoms with E-state index in [1.54, 1.807) is 12.1 Å². The van der Waals surface area contributed by atoms with Crippen molar-refractivity contribution in [1.82, 2.24) is 5.32 Å². The van der Waals surface area contributed by atoms with Gasteiger partial charge in [-0.1, -0.05) is 29.8 Å². The highest BCUT2D eigenvalue weighted by molar-refractivity contribution is 9.10. The zero-order valence-electron chi connectivity index (χ0n) is 11.6. The van der Waals surface area contributed by atoms with E-state index in [0.717, 1.165) is 17.3 Å². The van der Waals surface area contributed by atoms with E-state index in [9.17, 15) is 4.79 Å². The van der Waals surface area contributed by atoms with Gasteiger partial charge in [0.25, 0.3) is 5.91 Å². The lowest BCUT2D eigenvalue weighted by Crippen LogP contribution is -2.39. The van der Waals surface area contributed by atoms with Gasteiger partial charge in [-0.25, -0.2) is 0 Å². The van der Waals surface area contributed by atoms with E-state index in [1.165, 1.54) is 0 Å². The van der Waals surface area contributed by atoms with Gasteiger partial charge in [0.2, 0.25) is 0 Å². The van der Waals surface area contributed by atoms with Gasteiger partial charge in [0.15, 0.2) is 0 Å². The molecule has 0 fully saturated rings. The second-order valence-corrected chi connectivity index (χ2v) is 6.70. The third-order valence-corrected chi connectivity index (χ3v) is 5.63. The number of carbonyl (C=O) groups excluding carboxylic acids is 1. The monoisotopic (exact) mass is 344 g/mol. The minimum atomic E-state index is -0.106. The van der Waals surface area contributed by atoms with Crippen LogP contribution in [-0.2, 0) is 0 Å². The van der Waals surface area contributed by atoms with Gasteiger partial charge in [0.05, 0.1) is 5.56 Å². The number of nitrogens with two attached hydrogens (primary N) is 1. The van der Waals surface area contributed by atoms with Crippen molar-refractivity contribution in [3.8, 4) is 0 Å². The highest BCUT2D eigenvalue weighted by atomic mass is 79.9. The maximum absolute atomic E-state index is 12.2. The lowest BCUT2D eigenvalue weighted by molar-refractivity contribution is 0.0950. The highest BCUT2D eigenvalue weighted by Crippen LogP contribution is 2.29. The van der Waals surface area contributed by atoms with Gasteiger partial charge in [-0.2, -0.15) is 11.8 Å². The molecule has 0 unspecified atom stereocenters. The molecule has 3 N–H and O–H groups in total. The van der Waals surface area contributed by atoms with Crippen molar-refractivity contribution in [2.45, 2.75) is 31.4 Å². The molecule has 0 aromatic heterocycles. The Labute approximate surface area is 127 Å². The van der Waals surface area contributed by atoms with Crippen LogP contribution < -0.4 is 11.1 Å². The molecule has 0 atom stereocenters. The van der Waals surface area contributed by atoms with Crippen LogP contribution in [0.1, 0.15) is 37.0 Å². The van der Waals surface area contributed by atoms with Gasteiger partial charge >= 0.3 is 0 Å². The highest BCUT2D eigenvalue weighted by Gasteiger charge is 2.25. The van der Waals surface area contributed by atoms with Crippen molar-refractivity contribution in [2.24, 2.45) is 0 Å². The van der Waals surface area contributed by atoms with Crippen LogP contribution in [0.3, 0.4) is 0 Å². The topological polar surface area (TPSA) is 55.1 Å². The normalized spacial score (nSPS) is 11.4. The van der Waals surface area contributed by atoms with Gasteiger partial charge in [0.1, 0.15) is 0 Å². The molecule has 1 rings (SSSR count). The van der Waals surface area contributed by atoms with E-state index < -0.39 is 0 Å². The molecule has 1 amide bonds. The zero-order valence-corrected chi connectivity index (χ0v) is 14.0. The minimum absolute atomic E-state index is 0.106. The van der Waals surface area contributed by atoms with Gasteiger partial charge < -0.3 is 11.1 Å². The fraction of sp³-hybridized carbons (Fsp3) is 0.500. The predicted octanol–water partition coefficient (Wildman–Crippen LogP) is 3.68. The molecule has 5 heteroatoms. The first-order chi connectivity index (χ1) is 8.98.